The quantitative estimate of drug-likeness (QED) is 0.372. The van der Waals surface area contributed by atoms with Gasteiger partial charge in [-0.3, -0.25) is 14.4 Å². The van der Waals surface area contributed by atoms with Gasteiger partial charge in [0.15, 0.2) is 0 Å². The van der Waals surface area contributed by atoms with Crippen molar-refractivity contribution < 1.29 is 14.4 Å². The number of Topliss-reactive ketones (excluding diaryl/α,β-unsaturated/α-hetero) is 1. The summed E-state index contributed by atoms with van der Waals surface area (Å²) in [6, 6.07) is 23.1. The van der Waals surface area contributed by atoms with Crippen LogP contribution in [0.15, 0.2) is 72.8 Å². The number of hydrogen-bond acceptors (Lipinski definition) is 3. The Hall–Kier alpha value is -2.80. The molecule has 152 valence electrons. The fourth-order valence-electron chi connectivity index (χ4n) is 6.24. The molecule has 4 aliphatic rings. The second kappa shape index (κ2) is 6.36. The van der Waals surface area contributed by atoms with Gasteiger partial charge in [0, 0.05) is 9.49 Å². The molecule has 1 aliphatic heterocycles. The Morgan fingerprint density at radius 3 is 1.97 bits per heavy atom. The molecule has 0 radical (unpaired) electrons. The van der Waals surface area contributed by atoms with Gasteiger partial charge in [-0.2, -0.15) is 0 Å². The average molecular weight is 519 g/mol. The predicted molar refractivity (Wildman–Crippen MR) is 125 cm³/mol. The highest BCUT2D eigenvalue weighted by molar-refractivity contribution is 14.1. The maximum absolute atomic E-state index is 14.0. The Labute approximate surface area is 193 Å². The molecule has 1 heterocycles. The number of benzene rings is 3. The molecular weight excluding hydrogens is 501 g/mol. The molecule has 1 fully saturated rings. The van der Waals surface area contributed by atoms with E-state index in [9.17, 15) is 14.4 Å². The molecule has 5 heteroatoms. The van der Waals surface area contributed by atoms with Crippen molar-refractivity contribution in [2.24, 2.45) is 11.8 Å². The number of carbonyl (C=O) groups excluding carboxylic acids is 3. The lowest BCUT2D eigenvalue weighted by Gasteiger charge is -2.52. The lowest BCUT2D eigenvalue weighted by atomic mass is 9.46. The van der Waals surface area contributed by atoms with Gasteiger partial charge in [-0.25, -0.2) is 4.90 Å². The Morgan fingerprint density at radius 2 is 1.39 bits per heavy atom. The maximum Gasteiger partial charge on any atom is 0.239 e. The van der Waals surface area contributed by atoms with Crippen LogP contribution in [0.25, 0.3) is 0 Å². The van der Waals surface area contributed by atoms with Gasteiger partial charge < -0.3 is 0 Å². The summed E-state index contributed by atoms with van der Waals surface area (Å²) >= 11 is 2.15. The number of halogens is 1. The van der Waals surface area contributed by atoms with Crippen LogP contribution in [-0.4, -0.2) is 17.6 Å². The smallest absolute Gasteiger partial charge is 0.239 e. The molecule has 3 aliphatic carbocycles. The van der Waals surface area contributed by atoms with Crippen LogP contribution < -0.4 is 4.90 Å². The van der Waals surface area contributed by atoms with Crippen LogP contribution in [0.4, 0.5) is 5.69 Å². The van der Waals surface area contributed by atoms with E-state index in [0.29, 0.717) is 5.69 Å². The van der Waals surface area contributed by atoms with Crippen LogP contribution in [0.5, 0.6) is 0 Å². The number of ketones is 1. The molecule has 2 amide bonds. The number of hydrogen-bond donors (Lipinski definition) is 0. The highest BCUT2D eigenvalue weighted by Gasteiger charge is 2.70. The second-order valence-corrected chi connectivity index (χ2v) is 9.65. The van der Waals surface area contributed by atoms with Crippen LogP contribution in [0.1, 0.15) is 35.1 Å². The predicted octanol–water partition coefficient (Wildman–Crippen LogP) is 4.43. The molecule has 3 aromatic rings. The highest BCUT2D eigenvalue weighted by Crippen LogP contribution is 2.64. The molecule has 2 bridgehead atoms. The van der Waals surface area contributed by atoms with Crippen LogP contribution in [0.2, 0.25) is 0 Å². The van der Waals surface area contributed by atoms with Crippen molar-refractivity contribution in [2.75, 3.05) is 4.90 Å². The van der Waals surface area contributed by atoms with Crippen molar-refractivity contribution in [2.45, 2.75) is 18.3 Å². The fraction of sp³-hybridized carbons (Fsp3) is 0.192. The van der Waals surface area contributed by atoms with Gasteiger partial charge in [0.1, 0.15) is 5.78 Å². The molecule has 7 rings (SSSR count). The molecule has 0 saturated carbocycles. The van der Waals surface area contributed by atoms with E-state index in [0.717, 1.165) is 25.8 Å². The van der Waals surface area contributed by atoms with Gasteiger partial charge in [0.25, 0.3) is 0 Å². The van der Waals surface area contributed by atoms with Crippen molar-refractivity contribution in [1.82, 2.24) is 0 Å². The number of carbonyl (C=O) groups is 3. The Balaban J connectivity index is 1.69. The normalized spacial score (nSPS) is 27.7. The topological polar surface area (TPSA) is 54.5 Å². The van der Waals surface area contributed by atoms with E-state index >= 15 is 0 Å². The molecule has 2 atom stereocenters. The van der Waals surface area contributed by atoms with Gasteiger partial charge >= 0.3 is 0 Å². The fourth-order valence-corrected chi connectivity index (χ4v) is 6.87. The Morgan fingerprint density at radius 1 is 0.839 bits per heavy atom. The molecular formula is C26H18INO3. The van der Waals surface area contributed by atoms with E-state index in [1.807, 2.05) is 66.7 Å². The summed E-state index contributed by atoms with van der Waals surface area (Å²) in [5.74, 6) is -2.13. The number of anilines is 1. The number of imide groups is 1. The van der Waals surface area contributed by atoms with Gasteiger partial charge in [-0.05, 0) is 63.9 Å². The zero-order valence-electron chi connectivity index (χ0n) is 16.7. The lowest BCUT2D eigenvalue weighted by molar-refractivity contribution is -0.132. The van der Waals surface area contributed by atoms with Crippen molar-refractivity contribution in [3.63, 3.8) is 0 Å². The monoisotopic (exact) mass is 519 g/mol. The minimum Gasteiger partial charge on any atom is -0.299 e. The Bertz CT molecular complexity index is 1270. The largest absolute Gasteiger partial charge is 0.299 e. The molecule has 0 aromatic heterocycles. The highest BCUT2D eigenvalue weighted by atomic mass is 127. The lowest BCUT2D eigenvalue weighted by Crippen LogP contribution is -2.57. The van der Waals surface area contributed by atoms with Crippen molar-refractivity contribution in [1.29, 1.82) is 0 Å². The number of rotatable bonds is 2. The summed E-state index contributed by atoms with van der Waals surface area (Å²) in [4.78, 5) is 42.7. The molecule has 1 saturated heterocycles. The molecule has 0 N–H and O–H groups in total. The first-order valence-corrected chi connectivity index (χ1v) is 11.4. The van der Waals surface area contributed by atoms with Crippen LogP contribution in [-0.2, 0) is 19.8 Å². The third-order valence-electron chi connectivity index (χ3n) is 7.27. The zero-order chi connectivity index (χ0) is 21.5. The third-order valence-corrected chi connectivity index (χ3v) is 8.18. The maximum atomic E-state index is 14.0. The third kappa shape index (κ3) is 2.12. The van der Waals surface area contributed by atoms with Crippen LogP contribution in [0, 0.1) is 15.4 Å². The molecule has 4 nitrogen and oxygen atoms in total. The summed E-state index contributed by atoms with van der Waals surface area (Å²) < 4.78 is 0.833. The number of amides is 2. The van der Waals surface area contributed by atoms with Crippen molar-refractivity contribution in [3.05, 3.63) is 98.6 Å². The van der Waals surface area contributed by atoms with Crippen molar-refractivity contribution in [3.8, 4) is 0 Å². The minimum absolute atomic E-state index is 0.0914. The van der Waals surface area contributed by atoms with E-state index in [4.69, 9.17) is 0 Å². The van der Waals surface area contributed by atoms with E-state index in [1.165, 1.54) is 4.90 Å². The summed E-state index contributed by atoms with van der Waals surface area (Å²) in [6.07, 6.45) is 0. The van der Waals surface area contributed by atoms with E-state index in [1.54, 1.807) is 13.0 Å². The van der Waals surface area contributed by atoms with Gasteiger partial charge in [0.05, 0.1) is 22.9 Å². The average Bonchev–Trinajstić information content (AvgIpc) is 3.05. The summed E-state index contributed by atoms with van der Waals surface area (Å²) in [5, 5.41) is 0. The van der Waals surface area contributed by atoms with Crippen LogP contribution in [0.3, 0.4) is 0 Å². The molecule has 31 heavy (non-hydrogen) atoms. The van der Waals surface area contributed by atoms with Gasteiger partial charge in [-0.15, -0.1) is 0 Å². The summed E-state index contributed by atoms with van der Waals surface area (Å²) in [5.41, 5.74) is 3.18. The van der Waals surface area contributed by atoms with Crippen LogP contribution >= 0.6 is 22.6 Å². The standard InChI is InChI=1S/C26H18INO3/c1-14(29)26-17-10-4-2-8-15(17)21(16-9-3-5-11-18(16)26)22-23(26)25(31)28(24(22)30)20-13-7-6-12-19(20)27/h2-13,21-23H,1H3/t21?,22-,23-,26?/m0/s1. The summed E-state index contributed by atoms with van der Waals surface area (Å²) in [7, 11) is 0. The Kier molecular flexibility index (Phi) is 3.88. The summed E-state index contributed by atoms with van der Waals surface area (Å²) in [6.45, 7) is 1.56. The SMILES string of the molecule is CC(=O)C12c3ccccc3C(c3ccccc31)[C@@H]1C(=O)N(c3ccccc3I)C(=O)[C@H]12. The number of nitrogens with zero attached hydrogens (tertiary/aromatic N) is 1. The second-order valence-electron chi connectivity index (χ2n) is 8.48. The van der Waals surface area contributed by atoms with E-state index < -0.39 is 17.3 Å². The first-order chi connectivity index (χ1) is 15.0. The molecule has 0 unspecified atom stereocenters. The minimum atomic E-state index is -1.14. The molecule has 3 aromatic carbocycles. The number of para-hydroxylation sites is 1. The first kappa shape index (κ1) is 18.9. The van der Waals surface area contributed by atoms with Gasteiger partial charge in [0.2, 0.25) is 11.8 Å². The van der Waals surface area contributed by atoms with Gasteiger partial charge in [-0.1, -0.05) is 60.7 Å². The first-order valence-electron chi connectivity index (χ1n) is 10.3. The van der Waals surface area contributed by atoms with E-state index in [2.05, 4.69) is 22.6 Å². The van der Waals surface area contributed by atoms with E-state index in [-0.39, 0.29) is 23.5 Å². The molecule has 0 spiro atoms. The zero-order valence-corrected chi connectivity index (χ0v) is 18.9. The van der Waals surface area contributed by atoms with Crippen molar-refractivity contribution >= 4 is 45.9 Å².